The van der Waals surface area contributed by atoms with Crippen molar-refractivity contribution in [1.29, 1.82) is 0 Å². The van der Waals surface area contributed by atoms with E-state index in [0.29, 0.717) is 5.56 Å². The van der Waals surface area contributed by atoms with Crippen LogP contribution < -0.4 is 0 Å². The number of halogens is 1. The van der Waals surface area contributed by atoms with Crippen LogP contribution in [0.3, 0.4) is 0 Å². The highest BCUT2D eigenvalue weighted by Crippen LogP contribution is 2.30. The highest BCUT2D eigenvalue weighted by Gasteiger charge is 2.11. The molecule has 0 radical (unpaired) electrons. The Hall–Kier alpha value is -1.63. The van der Waals surface area contributed by atoms with Gasteiger partial charge in [0, 0.05) is 5.56 Å². The molecule has 0 spiro atoms. The molecular weight excluding hydrogens is 199 g/mol. The zero-order valence-corrected chi connectivity index (χ0v) is 9.68. The molecule has 0 aliphatic heterocycles. The number of aryl methyl sites for hydroxylation is 1. The van der Waals surface area contributed by atoms with Crippen molar-refractivity contribution in [2.45, 2.75) is 20.3 Å². The van der Waals surface area contributed by atoms with Gasteiger partial charge in [-0.1, -0.05) is 37.8 Å². The molecule has 0 saturated carbocycles. The monoisotopic (exact) mass is 214 g/mol. The molecule has 0 aliphatic carbocycles. The van der Waals surface area contributed by atoms with E-state index < -0.39 is 0 Å². The van der Waals surface area contributed by atoms with Gasteiger partial charge in [0.05, 0.1) is 0 Å². The van der Waals surface area contributed by atoms with Crippen LogP contribution >= 0.6 is 0 Å². The van der Waals surface area contributed by atoms with Crippen LogP contribution in [0.1, 0.15) is 24.5 Å². The van der Waals surface area contributed by atoms with Crippen LogP contribution in [0.4, 0.5) is 4.39 Å². The van der Waals surface area contributed by atoms with Crippen LogP contribution in [-0.2, 0) is 0 Å². The molecule has 0 nitrogen and oxygen atoms in total. The maximum Gasteiger partial charge on any atom is 0.131 e. The fourth-order valence-electron chi connectivity index (χ4n) is 2.06. The number of allylic oxidation sites excluding steroid dienone is 1. The Labute approximate surface area is 95.4 Å². The molecule has 2 aromatic carbocycles. The standard InChI is InChI=1S/C15H15F/c1-4-10(2)15-13(16)9-8-12-7-5-6-11(3)14(12)15/h5-9H,2,4H2,1,3H3. The van der Waals surface area contributed by atoms with Crippen molar-refractivity contribution in [2.75, 3.05) is 0 Å². The second kappa shape index (κ2) is 4.09. The summed E-state index contributed by atoms with van der Waals surface area (Å²) in [4.78, 5) is 0. The maximum absolute atomic E-state index is 13.9. The van der Waals surface area contributed by atoms with E-state index in [9.17, 15) is 4.39 Å². The van der Waals surface area contributed by atoms with E-state index in [1.165, 1.54) is 6.07 Å². The molecule has 0 fully saturated rings. The minimum Gasteiger partial charge on any atom is -0.206 e. The highest BCUT2D eigenvalue weighted by molar-refractivity contribution is 5.95. The van der Waals surface area contributed by atoms with Gasteiger partial charge >= 0.3 is 0 Å². The maximum atomic E-state index is 13.9. The van der Waals surface area contributed by atoms with E-state index in [2.05, 4.69) is 6.58 Å². The Morgan fingerprint density at radius 2 is 2.00 bits per heavy atom. The lowest BCUT2D eigenvalue weighted by Crippen LogP contribution is -1.92. The number of rotatable bonds is 2. The van der Waals surface area contributed by atoms with Crippen LogP contribution in [0.15, 0.2) is 36.9 Å². The molecular formula is C15H15F. The second-order valence-corrected chi connectivity index (χ2v) is 4.05. The normalized spacial score (nSPS) is 10.7. The summed E-state index contributed by atoms with van der Waals surface area (Å²) in [7, 11) is 0. The van der Waals surface area contributed by atoms with Crippen molar-refractivity contribution in [2.24, 2.45) is 0 Å². The van der Waals surface area contributed by atoms with Crippen molar-refractivity contribution < 1.29 is 4.39 Å². The van der Waals surface area contributed by atoms with Gasteiger partial charge in [0.2, 0.25) is 0 Å². The van der Waals surface area contributed by atoms with Gasteiger partial charge in [0.25, 0.3) is 0 Å². The summed E-state index contributed by atoms with van der Waals surface area (Å²) in [5, 5.41) is 2.07. The van der Waals surface area contributed by atoms with E-state index in [4.69, 9.17) is 0 Å². The summed E-state index contributed by atoms with van der Waals surface area (Å²) in [6, 6.07) is 9.36. The summed E-state index contributed by atoms with van der Waals surface area (Å²) in [5.74, 6) is -0.173. The SMILES string of the molecule is C=C(CC)c1c(F)ccc2cccc(C)c12. The summed E-state index contributed by atoms with van der Waals surface area (Å²) in [5.41, 5.74) is 2.64. The third-order valence-corrected chi connectivity index (χ3v) is 2.98. The molecule has 0 N–H and O–H groups in total. The van der Waals surface area contributed by atoms with Gasteiger partial charge in [-0.25, -0.2) is 4.39 Å². The molecule has 0 atom stereocenters. The smallest absolute Gasteiger partial charge is 0.131 e. The Bertz CT molecular complexity index is 553. The van der Waals surface area contributed by atoms with Crippen molar-refractivity contribution >= 4 is 16.3 Å². The average molecular weight is 214 g/mol. The fourth-order valence-corrected chi connectivity index (χ4v) is 2.06. The zero-order valence-electron chi connectivity index (χ0n) is 9.68. The first-order valence-corrected chi connectivity index (χ1v) is 5.51. The highest BCUT2D eigenvalue weighted by atomic mass is 19.1. The predicted molar refractivity (Wildman–Crippen MR) is 68.0 cm³/mol. The summed E-state index contributed by atoms with van der Waals surface area (Å²) in [6.07, 6.45) is 0.768. The van der Waals surface area contributed by atoms with Gasteiger partial charge < -0.3 is 0 Å². The van der Waals surface area contributed by atoms with Crippen LogP contribution in [0.5, 0.6) is 0 Å². The topological polar surface area (TPSA) is 0 Å². The fraction of sp³-hybridized carbons (Fsp3) is 0.200. The Kier molecular flexibility index (Phi) is 2.78. The van der Waals surface area contributed by atoms with Crippen LogP contribution in [0.2, 0.25) is 0 Å². The van der Waals surface area contributed by atoms with Crippen molar-refractivity contribution in [3.63, 3.8) is 0 Å². The van der Waals surface area contributed by atoms with Crippen LogP contribution in [0.25, 0.3) is 16.3 Å². The molecule has 2 rings (SSSR count). The van der Waals surface area contributed by atoms with Crippen LogP contribution in [-0.4, -0.2) is 0 Å². The largest absolute Gasteiger partial charge is 0.206 e. The molecule has 0 heterocycles. The van der Waals surface area contributed by atoms with Gasteiger partial charge in [-0.2, -0.15) is 0 Å². The molecule has 0 aromatic heterocycles. The van der Waals surface area contributed by atoms with E-state index >= 15 is 0 Å². The quantitative estimate of drug-likeness (QED) is 0.679. The van der Waals surface area contributed by atoms with Gasteiger partial charge in [0.15, 0.2) is 0 Å². The van der Waals surface area contributed by atoms with Gasteiger partial charge in [0.1, 0.15) is 5.82 Å². The Morgan fingerprint density at radius 1 is 1.25 bits per heavy atom. The number of hydrogen-bond acceptors (Lipinski definition) is 0. The van der Waals surface area contributed by atoms with E-state index in [1.807, 2.05) is 38.1 Å². The number of benzene rings is 2. The van der Waals surface area contributed by atoms with Crippen molar-refractivity contribution in [3.8, 4) is 0 Å². The first-order chi connectivity index (χ1) is 7.65. The number of hydrogen-bond donors (Lipinski definition) is 0. The predicted octanol–water partition coefficient (Wildman–Crippen LogP) is 4.71. The molecule has 82 valence electrons. The van der Waals surface area contributed by atoms with E-state index in [1.54, 1.807) is 0 Å². The zero-order chi connectivity index (χ0) is 11.7. The van der Waals surface area contributed by atoms with Crippen molar-refractivity contribution in [3.05, 3.63) is 53.9 Å². The summed E-state index contributed by atoms with van der Waals surface area (Å²) < 4.78 is 13.9. The Morgan fingerprint density at radius 3 is 2.69 bits per heavy atom. The third-order valence-electron chi connectivity index (χ3n) is 2.98. The van der Waals surface area contributed by atoms with Gasteiger partial charge in [-0.15, -0.1) is 0 Å². The lowest BCUT2D eigenvalue weighted by Gasteiger charge is -2.11. The average Bonchev–Trinajstić information content (AvgIpc) is 2.29. The molecule has 0 amide bonds. The molecule has 0 aliphatic rings. The summed E-state index contributed by atoms with van der Waals surface area (Å²) in [6.45, 7) is 7.96. The molecule has 2 aromatic rings. The minimum atomic E-state index is -0.173. The number of fused-ring (bicyclic) bond motifs is 1. The second-order valence-electron chi connectivity index (χ2n) is 4.05. The molecule has 0 unspecified atom stereocenters. The lowest BCUT2D eigenvalue weighted by atomic mass is 9.94. The molecule has 0 saturated heterocycles. The van der Waals surface area contributed by atoms with E-state index in [-0.39, 0.29) is 5.82 Å². The van der Waals surface area contributed by atoms with Gasteiger partial charge in [-0.3, -0.25) is 0 Å². The van der Waals surface area contributed by atoms with Gasteiger partial charge in [-0.05, 0) is 41.3 Å². The summed E-state index contributed by atoms with van der Waals surface area (Å²) >= 11 is 0. The first kappa shape index (κ1) is 10.9. The van der Waals surface area contributed by atoms with Crippen molar-refractivity contribution in [1.82, 2.24) is 0 Å². The molecule has 16 heavy (non-hydrogen) atoms. The molecule has 0 bridgehead atoms. The minimum absolute atomic E-state index is 0.173. The van der Waals surface area contributed by atoms with Crippen LogP contribution in [0, 0.1) is 12.7 Å². The Balaban J connectivity index is 2.88. The van der Waals surface area contributed by atoms with E-state index in [0.717, 1.165) is 28.3 Å². The third kappa shape index (κ3) is 1.63. The molecule has 1 heteroatoms. The first-order valence-electron chi connectivity index (χ1n) is 5.51. The lowest BCUT2D eigenvalue weighted by molar-refractivity contribution is 0.625.